The van der Waals surface area contributed by atoms with E-state index in [1.807, 2.05) is 0 Å². The third-order valence-corrected chi connectivity index (χ3v) is 7.52. The van der Waals surface area contributed by atoms with Crippen LogP contribution in [0.1, 0.15) is 89.2 Å². The number of hydrogen-bond acceptors (Lipinski definition) is 1. The van der Waals surface area contributed by atoms with Gasteiger partial charge in [0, 0.05) is 0 Å². The number of rotatable bonds is 6. The Morgan fingerprint density at radius 2 is 1.81 bits per heavy atom. The van der Waals surface area contributed by atoms with Crippen molar-refractivity contribution < 1.29 is 9.90 Å². The Kier molecular flexibility index (Phi) is 5.79. The first-order chi connectivity index (χ1) is 12.5. The Balaban J connectivity index is 2.21. The molecule has 2 heteroatoms. The Morgan fingerprint density at radius 1 is 1.15 bits per heavy atom. The van der Waals surface area contributed by atoms with Gasteiger partial charge in [0.25, 0.3) is 0 Å². The molecule has 26 heavy (non-hydrogen) atoms. The van der Waals surface area contributed by atoms with E-state index >= 15 is 0 Å². The summed E-state index contributed by atoms with van der Waals surface area (Å²) in [5.74, 6) is 0.338. The summed E-state index contributed by atoms with van der Waals surface area (Å²) in [7, 11) is 0. The van der Waals surface area contributed by atoms with Crippen LogP contribution in [0.5, 0.6) is 0 Å². The number of carboxylic acid groups (broad SMARTS) is 1. The second kappa shape index (κ2) is 7.74. The van der Waals surface area contributed by atoms with E-state index in [1.165, 1.54) is 31.2 Å². The van der Waals surface area contributed by atoms with Crippen molar-refractivity contribution in [2.75, 3.05) is 0 Å². The predicted molar refractivity (Wildman–Crippen MR) is 107 cm³/mol. The van der Waals surface area contributed by atoms with Crippen LogP contribution in [0.3, 0.4) is 0 Å². The maximum atomic E-state index is 13.2. The third kappa shape index (κ3) is 3.10. The molecule has 2 nitrogen and oxygen atoms in total. The van der Waals surface area contributed by atoms with Crippen LogP contribution in [0, 0.1) is 24.2 Å². The molecule has 2 saturated carbocycles. The van der Waals surface area contributed by atoms with Gasteiger partial charge in [-0.3, -0.25) is 4.79 Å². The number of benzene rings is 1. The number of aliphatic carboxylic acids is 1. The number of carboxylic acids is 1. The minimum absolute atomic E-state index is 0.0788. The van der Waals surface area contributed by atoms with Crippen LogP contribution >= 0.6 is 0 Å². The van der Waals surface area contributed by atoms with Gasteiger partial charge < -0.3 is 5.11 Å². The van der Waals surface area contributed by atoms with Crippen LogP contribution in [0.2, 0.25) is 0 Å². The van der Waals surface area contributed by atoms with Crippen molar-refractivity contribution in [3.05, 3.63) is 35.4 Å². The summed E-state index contributed by atoms with van der Waals surface area (Å²) in [6.07, 6.45) is 11.2. The Bertz CT molecular complexity index is 612. The van der Waals surface area contributed by atoms with E-state index in [-0.39, 0.29) is 11.3 Å². The first-order valence-electron chi connectivity index (χ1n) is 10.8. The quantitative estimate of drug-likeness (QED) is 0.631. The van der Waals surface area contributed by atoms with E-state index in [1.54, 1.807) is 0 Å². The van der Waals surface area contributed by atoms with Gasteiger partial charge in [0.2, 0.25) is 0 Å². The van der Waals surface area contributed by atoms with E-state index in [2.05, 4.69) is 45.0 Å². The molecule has 0 radical (unpaired) electrons. The summed E-state index contributed by atoms with van der Waals surface area (Å²) in [5, 5.41) is 10.8. The highest BCUT2D eigenvalue weighted by molar-refractivity contribution is 5.83. The molecule has 0 aliphatic heterocycles. The lowest BCUT2D eigenvalue weighted by molar-refractivity contribution is -0.156. The molecule has 0 aromatic heterocycles. The average molecular weight is 357 g/mol. The number of hydrogen-bond donors (Lipinski definition) is 1. The van der Waals surface area contributed by atoms with E-state index < -0.39 is 11.4 Å². The van der Waals surface area contributed by atoms with E-state index in [4.69, 9.17) is 0 Å². The normalized spacial score (nSPS) is 27.8. The standard InChI is InChI=1S/C24H36O2/c1-4-14-23(15-5-6-16-23)24(22(25)26,20-12-10-18(2)11-13-20)21-9-7-8-19(3)17-21/h10-13,19,21H,4-9,14-17H2,1-3H3,(H,25,26)/t19?,21?,24-/m1/s1. The molecule has 0 saturated heterocycles. The molecule has 1 N–H and O–H groups in total. The lowest BCUT2D eigenvalue weighted by Gasteiger charge is -2.53. The zero-order valence-corrected chi connectivity index (χ0v) is 16.9. The Morgan fingerprint density at radius 3 is 2.35 bits per heavy atom. The van der Waals surface area contributed by atoms with Gasteiger partial charge in [0.05, 0.1) is 0 Å². The van der Waals surface area contributed by atoms with Gasteiger partial charge in [0.15, 0.2) is 0 Å². The van der Waals surface area contributed by atoms with Crippen LogP contribution in [-0.4, -0.2) is 11.1 Å². The fourth-order valence-corrected chi connectivity index (χ4v) is 6.52. The summed E-state index contributed by atoms with van der Waals surface area (Å²) in [6, 6.07) is 8.51. The number of carbonyl (C=O) groups is 1. The van der Waals surface area contributed by atoms with Gasteiger partial charge >= 0.3 is 5.97 Å². The van der Waals surface area contributed by atoms with Crippen LogP contribution in [0.4, 0.5) is 0 Å². The maximum absolute atomic E-state index is 13.2. The van der Waals surface area contributed by atoms with Crippen LogP contribution in [0.15, 0.2) is 24.3 Å². The van der Waals surface area contributed by atoms with Gasteiger partial charge in [0.1, 0.15) is 5.41 Å². The summed E-state index contributed by atoms with van der Waals surface area (Å²) in [5.41, 5.74) is 1.48. The molecule has 3 atom stereocenters. The van der Waals surface area contributed by atoms with E-state index in [9.17, 15) is 9.90 Å². The molecule has 3 rings (SSSR count). The van der Waals surface area contributed by atoms with Crippen molar-refractivity contribution in [3.63, 3.8) is 0 Å². The molecule has 2 fully saturated rings. The van der Waals surface area contributed by atoms with Gasteiger partial charge in [-0.2, -0.15) is 0 Å². The van der Waals surface area contributed by atoms with Gasteiger partial charge in [-0.05, 0) is 61.8 Å². The van der Waals surface area contributed by atoms with Gasteiger partial charge in [-0.1, -0.05) is 75.8 Å². The second-order valence-electron chi connectivity index (χ2n) is 9.19. The van der Waals surface area contributed by atoms with Crippen molar-refractivity contribution in [2.24, 2.45) is 17.3 Å². The lowest BCUT2D eigenvalue weighted by Crippen LogP contribution is -2.56. The van der Waals surface area contributed by atoms with Crippen molar-refractivity contribution >= 4 is 5.97 Å². The monoisotopic (exact) mass is 356 g/mol. The zero-order valence-electron chi connectivity index (χ0n) is 16.9. The molecular weight excluding hydrogens is 320 g/mol. The smallest absolute Gasteiger partial charge is 0.314 e. The predicted octanol–water partition coefficient (Wildman–Crippen LogP) is 6.50. The largest absolute Gasteiger partial charge is 0.481 e. The molecule has 0 heterocycles. The maximum Gasteiger partial charge on any atom is 0.314 e. The van der Waals surface area contributed by atoms with E-state index in [0.29, 0.717) is 5.92 Å². The highest BCUT2D eigenvalue weighted by atomic mass is 16.4. The average Bonchev–Trinajstić information content (AvgIpc) is 3.07. The molecule has 0 amide bonds. The molecular formula is C24H36O2. The Hall–Kier alpha value is -1.31. The van der Waals surface area contributed by atoms with Gasteiger partial charge in [-0.15, -0.1) is 0 Å². The summed E-state index contributed by atoms with van der Waals surface area (Å²) < 4.78 is 0. The Labute approximate surface area is 159 Å². The highest BCUT2D eigenvalue weighted by Crippen LogP contribution is 2.61. The summed E-state index contributed by atoms with van der Waals surface area (Å²) in [4.78, 5) is 13.2. The fourth-order valence-electron chi connectivity index (χ4n) is 6.52. The SMILES string of the molecule is CCCC1([C@](C(=O)O)(c2ccc(C)cc2)C2CCCC(C)C2)CCCC1. The lowest BCUT2D eigenvalue weighted by atomic mass is 9.49. The van der Waals surface area contributed by atoms with Crippen LogP contribution in [0.25, 0.3) is 0 Å². The van der Waals surface area contributed by atoms with E-state index in [0.717, 1.165) is 44.1 Å². The molecule has 0 bridgehead atoms. The summed E-state index contributed by atoms with van der Waals surface area (Å²) >= 11 is 0. The fraction of sp³-hybridized carbons (Fsp3) is 0.708. The topological polar surface area (TPSA) is 37.3 Å². The van der Waals surface area contributed by atoms with Crippen molar-refractivity contribution in [1.82, 2.24) is 0 Å². The molecule has 2 aliphatic rings. The van der Waals surface area contributed by atoms with Crippen molar-refractivity contribution in [3.8, 4) is 0 Å². The molecule has 0 spiro atoms. The van der Waals surface area contributed by atoms with Crippen molar-refractivity contribution in [2.45, 2.75) is 90.4 Å². The van der Waals surface area contributed by atoms with Crippen LogP contribution < -0.4 is 0 Å². The van der Waals surface area contributed by atoms with Gasteiger partial charge in [-0.25, -0.2) is 0 Å². The van der Waals surface area contributed by atoms with Crippen molar-refractivity contribution in [1.29, 1.82) is 0 Å². The first-order valence-corrected chi connectivity index (χ1v) is 10.8. The molecule has 1 aromatic rings. The second-order valence-corrected chi connectivity index (χ2v) is 9.19. The minimum Gasteiger partial charge on any atom is -0.481 e. The minimum atomic E-state index is -0.720. The molecule has 2 aliphatic carbocycles. The number of aryl methyl sites for hydroxylation is 1. The highest BCUT2D eigenvalue weighted by Gasteiger charge is 2.61. The zero-order chi connectivity index (χ0) is 18.8. The summed E-state index contributed by atoms with van der Waals surface area (Å²) in [6.45, 7) is 6.63. The third-order valence-electron chi connectivity index (χ3n) is 7.52. The molecule has 2 unspecified atom stereocenters. The van der Waals surface area contributed by atoms with Crippen LogP contribution in [-0.2, 0) is 10.2 Å². The molecule has 1 aromatic carbocycles. The first kappa shape index (κ1) is 19.5. The molecule has 144 valence electrons.